The molecule has 0 unspecified atom stereocenters. The van der Waals surface area contributed by atoms with Gasteiger partial charge in [-0.05, 0) is 48.5 Å². The van der Waals surface area contributed by atoms with Crippen molar-refractivity contribution in [1.82, 2.24) is 0 Å². The maximum atomic E-state index is 12.5. The van der Waals surface area contributed by atoms with Crippen LogP contribution in [0, 0.1) is 0 Å². The molecule has 1 saturated heterocycles. The van der Waals surface area contributed by atoms with Crippen LogP contribution in [0.25, 0.3) is 17.4 Å². The zero-order valence-electron chi connectivity index (χ0n) is 18.0. The van der Waals surface area contributed by atoms with Gasteiger partial charge in [-0.3, -0.25) is 4.79 Å². The van der Waals surface area contributed by atoms with Gasteiger partial charge >= 0.3 is 5.97 Å². The molecule has 4 rings (SSSR count). The van der Waals surface area contributed by atoms with E-state index in [0.29, 0.717) is 54.1 Å². The number of furan rings is 1. The topological polar surface area (TPSA) is 81.0 Å². The highest BCUT2D eigenvalue weighted by Crippen LogP contribution is 2.29. The van der Waals surface area contributed by atoms with E-state index in [9.17, 15) is 9.59 Å². The van der Waals surface area contributed by atoms with Gasteiger partial charge in [0.05, 0.1) is 36.6 Å². The standard InChI is InChI=1S/C25H23ClN2O5/c1-31-25(30)20-16-17(6-9-22(20)28-12-14-32-15-13-28)27-24(29)11-8-18-7-10-23(33-18)19-4-2-3-5-21(19)26/h2-11,16H,12-15H2,1H3,(H,27,29)/b11-8+. The number of rotatable bonds is 6. The molecule has 0 spiro atoms. The Bertz CT molecular complexity index is 1180. The third-order valence-corrected chi connectivity index (χ3v) is 5.52. The number of nitrogens with zero attached hydrogens (tertiary/aromatic N) is 1. The number of hydrogen-bond donors (Lipinski definition) is 1. The van der Waals surface area contributed by atoms with E-state index in [4.69, 9.17) is 25.5 Å². The monoisotopic (exact) mass is 466 g/mol. The summed E-state index contributed by atoms with van der Waals surface area (Å²) < 4.78 is 16.1. The number of esters is 1. The van der Waals surface area contributed by atoms with E-state index in [-0.39, 0.29) is 5.91 Å². The number of carbonyl (C=O) groups excluding carboxylic acids is 2. The normalized spacial score (nSPS) is 13.8. The van der Waals surface area contributed by atoms with Crippen molar-refractivity contribution in [2.75, 3.05) is 43.6 Å². The number of amides is 1. The number of nitrogens with one attached hydrogen (secondary N) is 1. The van der Waals surface area contributed by atoms with Crippen LogP contribution in [0.5, 0.6) is 0 Å². The average Bonchev–Trinajstić information content (AvgIpc) is 3.32. The molecular formula is C25H23ClN2O5. The van der Waals surface area contributed by atoms with Crippen LogP contribution in [0.2, 0.25) is 5.02 Å². The zero-order chi connectivity index (χ0) is 23.2. The molecule has 0 aliphatic carbocycles. The Morgan fingerprint density at radius 2 is 1.88 bits per heavy atom. The minimum atomic E-state index is -0.467. The second kappa shape index (κ2) is 10.4. The second-order valence-corrected chi connectivity index (χ2v) is 7.73. The summed E-state index contributed by atoms with van der Waals surface area (Å²) in [5.41, 5.74) is 2.40. The molecule has 1 amide bonds. The van der Waals surface area contributed by atoms with Gasteiger partial charge in [0, 0.05) is 30.4 Å². The van der Waals surface area contributed by atoms with Gasteiger partial charge in [-0.25, -0.2) is 4.79 Å². The van der Waals surface area contributed by atoms with Gasteiger partial charge in [-0.2, -0.15) is 0 Å². The third kappa shape index (κ3) is 5.45. The molecule has 1 aliphatic heterocycles. The number of halogens is 1. The molecule has 33 heavy (non-hydrogen) atoms. The number of morpholine rings is 1. The number of benzene rings is 2. The SMILES string of the molecule is COC(=O)c1cc(NC(=O)/C=C/c2ccc(-c3ccccc3Cl)o2)ccc1N1CCOCC1. The third-order valence-electron chi connectivity index (χ3n) is 5.19. The lowest BCUT2D eigenvalue weighted by molar-refractivity contribution is -0.111. The van der Waals surface area contributed by atoms with Crippen molar-refractivity contribution in [1.29, 1.82) is 0 Å². The molecule has 1 aromatic heterocycles. The van der Waals surface area contributed by atoms with Crippen molar-refractivity contribution >= 4 is 40.9 Å². The fourth-order valence-electron chi connectivity index (χ4n) is 3.56. The predicted molar refractivity (Wildman–Crippen MR) is 128 cm³/mol. The van der Waals surface area contributed by atoms with Crippen LogP contribution in [0.1, 0.15) is 16.1 Å². The Kier molecular flexibility index (Phi) is 7.12. The molecule has 0 bridgehead atoms. The molecule has 1 fully saturated rings. The highest BCUT2D eigenvalue weighted by molar-refractivity contribution is 6.33. The van der Waals surface area contributed by atoms with Gasteiger partial charge in [0.2, 0.25) is 5.91 Å². The molecule has 7 nitrogen and oxygen atoms in total. The summed E-state index contributed by atoms with van der Waals surface area (Å²) in [5, 5.41) is 3.36. The molecule has 2 aromatic carbocycles. The van der Waals surface area contributed by atoms with E-state index in [1.165, 1.54) is 13.2 Å². The first kappa shape index (κ1) is 22.6. The van der Waals surface area contributed by atoms with Crippen molar-refractivity contribution < 1.29 is 23.5 Å². The summed E-state index contributed by atoms with van der Waals surface area (Å²) in [5.74, 6) is 0.298. The lowest BCUT2D eigenvalue weighted by Crippen LogP contribution is -2.37. The van der Waals surface area contributed by atoms with Crippen molar-refractivity contribution in [3.05, 3.63) is 77.0 Å². The van der Waals surface area contributed by atoms with Crippen molar-refractivity contribution in [3.63, 3.8) is 0 Å². The van der Waals surface area contributed by atoms with Crippen LogP contribution in [-0.4, -0.2) is 45.3 Å². The first-order valence-corrected chi connectivity index (χ1v) is 10.8. The Morgan fingerprint density at radius 1 is 1.09 bits per heavy atom. The summed E-state index contributed by atoms with van der Waals surface area (Å²) in [6, 6.07) is 16.1. The lowest BCUT2D eigenvalue weighted by Gasteiger charge is -2.30. The molecule has 0 saturated carbocycles. The minimum absolute atomic E-state index is 0.361. The molecule has 170 valence electrons. The molecule has 1 aliphatic rings. The number of carbonyl (C=O) groups is 2. The highest BCUT2D eigenvalue weighted by Gasteiger charge is 2.20. The fourth-order valence-corrected chi connectivity index (χ4v) is 3.79. The van der Waals surface area contributed by atoms with Crippen LogP contribution in [0.3, 0.4) is 0 Å². The smallest absolute Gasteiger partial charge is 0.340 e. The number of anilines is 2. The van der Waals surface area contributed by atoms with Crippen LogP contribution < -0.4 is 10.2 Å². The summed E-state index contributed by atoms with van der Waals surface area (Å²) in [7, 11) is 1.33. The number of methoxy groups -OCH3 is 1. The van der Waals surface area contributed by atoms with E-state index in [1.807, 2.05) is 18.2 Å². The van der Waals surface area contributed by atoms with Crippen LogP contribution in [-0.2, 0) is 14.3 Å². The molecule has 3 aromatic rings. The summed E-state index contributed by atoms with van der Waals surface area (Å²) in [6.07, 6.45) is 2.93. The summed E-state index contributed by atoms with van der Waals surface area (Å²) in [4.78, 5) is 26.9. The summed E-state index contributed by atoms with van der Waals surface area (Å²) >= 11 is 6.21. The van der Waals surface area contributed by atoms with Gasteiger partial charge in [-0.1, -0.05) is 23.7 Å². The van der Waals surface area contributed by atoms with E-state index >= 15 is 0 Å². The Hall–Kier alpha value is -3.55. The average molecular weight is 467 g/mol. The maximum Gasteiger partial charge on any atom is 0.340 e. The van der Waals surface area contributed by atoms with E-state index in [1.54, 1.807) is 42.5 Å². The zero-order valence-corrected chi connectivity index (χ0v) is 18.8. The second-order valence-electron chi connectivity index (χ2n) is 7.33. The predicted octanol–water partition coefficient (Wildman–Crippen LogP) is 4.88. The first-order valence-electron chi connectivity index (χ1n) is 10.4. The Labute approximate surface area is 196 Å². The number of hydrogen-bond acceptors (Lipinski definition) is 6. The quantitative estimate of drug-likeness (QED) is 0.412. The Balaban J connectivity index is 1.46. The van der Waals surface area contributed by atoms with Gasteiger partial charge in [0.1, 0.15) is 11.5 Å². The largest absolute Gasteiger partial charge is 0.465 e. The van der Waals surface area contributed by atoms with E-state index < -0.39 is 5.97 Å². The van der Waals surface area contributed by atoms with Crippen LogP contribution >= 0.6 is 11.6 Å². The van der Waals surface area contributed by atoms with Crippen LogP contribution in [0.15, 0.2) is 65.1 Å². The maximum absolute atomic E-state index is 12.5. The van der Waals surface area contributed by atoms with E-state index in [0.717, 1.165) is 11.3 Å². The molecule has 2 heterocycles. The first-order chi connectivity index (χ1) is 16.0. The van der Waals surface area contributed by atoms with Crippen molar-refractivity contribution in [2.24, 2.45) is 0 Å². The number of ether oxygens (including phenoxy) is 2. The van der Waals surface area contributed by atoms with Crippen LogP contribution in [0.4, 0.5) is 11.4 Å². The van der Waals surface area contributed by atoms with Gasteiger partial charge < -0.3 is 24.1 Å². The molecule has 0 radical (unpaired) electrons. The fraction of sp³-hybridized carbons (Fsp3) is 0.200. The lowest BCUT2D eigenvalue weighted by atomic mass is 10.1. The summed E-state index contributed by atoms with van der Waals surface area (Å²) in [6.45, 7) is 2.54. The molecule has 1 N–H and O–H groups in total. The van der Waals surface area contributed by atoms with Gasteiger partial charge in [-0.15, -0.1) is 0 Å². The van der Waals surface area contributed by atoms with Gasteiger partial charge in [0.25, 0.3) is 0 Å². The molecule has 8 heteroatoms. The van der Waals surface area contributed by atoms with Crippen molar-refractivity contribution in [3.8, 4) is 11.3 Å². The van der Waals surface area contributed by atoms with E-state index in [2.05, 4.69) is 10.2 Å². The highest BCUT2D eigenvalue weighted by atomic mass is 35.5. The van der Waals surface area contributed by atoms with Crippen molar-refractivity contribution in [2.45, 2.75) is 0 Å². The Morgan fingerprint density at radius 3 is 2.64 bits per heavy atom. The van der Waals surface area contributed by atoms with Gasteiger partial charge in [0.15, 0.2) is 0 Å². The molecular weight excluding hydrogens is 444 g/mol. The molecule has 0 atom stereocenters. The minimum Gasteiger partial charge on any atom is -0.465 e.